The van der Waals surface area contributed by atoms with Gasteiger partial charge in [0, 0.05) is 22.9 Å². The third kappa shape index (κ3) is 2.12. The molecule has 4 nitrogen and oxygen atoms in total. The molecule has 0 saturated carbocycles. The lowest BCUT2D eigenvalue weighted by molar-refractivity contribution is 0.0926. The monoisotopic (exact) mass is 239 g/mol. The van der Waals surface area contributed by atoms with Crippen LogP contribution in [0.25, 0.3) is 10.8 Å². The number of carboxylic acid groups (broad SMARTS) is 1. The van der Waals surface area contributed by atoms with E-state index in [2.05, 4.69) is 9.72 Å². The molecule has 0 amide bonds. The summed E-state index contributed by atoms with van der Waals surface area (Å²) in [5, 5.41) is 10.9. The molecule has 2 aromatic rings. The number of hydrogen-bond acceptors (Lipinski definition) is 2. The molecule has 84 valence electrons. The number of fused-ring (bicyclic) bond motifs is 1. The molecule has 16 heavy (non-hydrogen) atoms. The maximum absolute atomic E-state index is 10.2. The van der Waals surface area contributed by atoms with E-state index in [1.54, 1.807) is 0 Å². The first kappa shape index (κ1) is 10.8. The third-order valence-corrected chi connectivity index (χ3v) is 2.62. The van der Waals surface area contributed by atoms with Gasteiger partial charge in [-0.1, -0.05) is 35.9 Å². The molecule has 1 aromatic heterocycles. The largest absolute Gasteiger partial charge is 0.505 e. The topological polar surface area (TPSA) is 62.3 Å². The second-order valence-corrected chi connectivity index (χ2v) is 3.71. The lowest BCUT2D eigenvalue weighted by Crippen LogP contribution is -2.04. The minimum Gasteiger partial charge on any atom is -0.450 e. The van der Waals surface area contributed by atoms with Crippen LogP contribution in [-0.2, 0) is 11.2 Å². The van der Waals surface area contributed by atoms with E-state index < -0.39 is 6.16 Å². The van der Waals surface area contributed by atoms with Crippen LogP contribution in [0.2, 0.25) is 5.15 Å². The van der Waals surface area contributed by atoms with Gasteiger partial charge in [-0.25, -0.2) is 4.79 Å². The van der Waals surface area contributed by atoms with Gasteiger partial charge >= 0.3 is 6.16 Å². The van der Waals surface area contributed by atoms with Gasteiger partial charge in [0.05, 0.1) is 0 Å². The molecule has 0 fully saturated rings. The van der Waals surface area contributed by atoms with Crippen molar-refractivity contribution in [2.75, 3.05) is 6.61 Å². The summed E-state index contributed by atoms with van der Waals surface area (Å²) in [6, 6.07) is 7.66. The zero-order valence-corrected chi connectivity index (χ0v) is 9.12. The van der Waals surface area contributed by atoms with Crippen molar-refractivity contribution in [2.24, 2.45) is 0 Å². The van der Waals surface area contributed by atoms with Crippen molar-refractivity contribution in [3.63, 3.8) is 0 Å². The predicted octanol–water partition coefficient (Wildman–Crippen LogP) is 3.06. The first-order valence-electron chi connectivity index (χ1n) is 4.79. The average molecular weight is 240 g/mol. The number of aromatic amines is 1. The van der Waals surface area contributed by atoms with E-state index in [0.29, 0.717) is 11.6 Å². The van der Waals surface area contributed by atoms with E-state index in [-0.39, 0.29) is 6.61 Å². The third-order valence-electron chi connectivity index (χ3n) is 2.33. The minimum absolute atomic E-state index is 0.121. The van der Waals surface area contributed by atoms with Crippen LogP contribution < -0.4 is 0 Å². The first-order valence-corrected chi connectivity index (χ1v) is 5.17. The van der Waals surface area contributed by atoms with E-state index in [9.17, 15) is 4.79 Å². The van der Waals surface area contributed by atoms with Crippen LogP contribution in [0.1, 0.15) is 5.69 Å². The summed E-state index contributed by atoms with van der Waals surface area (Å²) in [4.78, 5) is 13.2. The highest BCUT2D eigenvalue weighted by molar-refractivity contribution is 6.34. The Balaban J connectivity index is 2.21. The van der Waals surface area contributed by atoms with Crippen molar-refractivity contribution in [1.29, 1.82) is 0 Å². The number of H-pyrrole nitrogens is 1. The Bertz CT molecular complexity index is 521. The zero-order valence-electron chi connectivity index (χ0n) is 8.37. The number of ether oxygens (including phenoxy) is 1. The smallest absolute Gasteiger partial charge is 0.450 e. The second-order valence-electron chi connectivity index (χ2n) is 3.33. The predicted molar refractivity (Wildman–Crippen MR) is 61.0 cm³/mol. The van der Waals surface area contributed by atoms with E-state index in [0.717, 1.165) is 16.5 Å². The summed E-state index contributed by atoms with van der Waals surface area (Å²) in [6.45, 7) is 0.121. The number of hydrogen-bond donors (Lipinski definition) is 2. The fraction of sp³-hybridized carbons (Fsp3) is 0.182. The molecule has 0 aliphatic rings. The molecule has 2 rings (SSSR count). The van der Waals surface area contributed by atoms with Crippen LogP contribution in [0.4, 0.5) is 4.79 Å². The highest BCUT2D eigenvalue weighted by atomic mass is 35.5. The molecule has 0 radical (unpaired) electrons. The van der Waals surface area contributed by atoms with Crippen molar-refractivity contribution < 1.29 is 14.6 Å². The van der Waals surface area contributed by atoms with E-state index >= 15 is 0 Å². The lowest BCUT2D eigenvalue weighted by atomic mass is 10.1. The Labute approximate surface area is 96.8 Å². The molecule has 0 aliphatic carbocycles. The Hall–Kier alpha value is -1.68. The number of nitrogens with one attached hydrogen (secondary N) is 1. The van der Waals surface area contributed by atoms with Gasteiger partial charge in [-0.05, 0) is 0 Å². The summed E-state index contributed by atoms with van der Waals surface area (Å²) in [5.41, 5.74) is 0.891. The van der Waals surface area contributed by atoms with Crippen molar-refractivity contribution in [3.8, 4) is 0 Å². The minimum atomic E-state index is -1.26. The molecule has 0 bridgehead atoms. The molecule has 0 spiro atoms. The Morgan fingerprint density at radius 3 is 2.75 bits per heavy atom. The molecule has 5 heteroatoms. The quantitative estimate of drug-likeness (QED) is 0.810. The van der Waals surface area contributed by atoms with E-state index in [1.807, 2.05) is 24.3 Å². The van der Waals surface area contributed by atoms with Gasteiger partial charge in [0.1, 0.15) is 11.8 Å². The highest BCUT2D eigenvalue weighted by Crippen LogP contribution is 2.26. The van der Waals surface area contributed by atoms with Crippen LogP contribution in [0, 0.1) is 0 Å². The summed E-state index contributed by atoms with van der Waals surface area (Å²) in [7, 11) is 0. The van der Waals surface area contributed by atoms with Crippen molar-refractivity contribution in [1.82, 2.24) is 4.98 Å². The summed E-state index contributed by atoms with van der Waals surface area (Å²) < 4.78 is 4.46. The lowest BCUT2D eigenvalue weighted by Gasteiger charge is -1.99. The number of benzene rings is 1. The van der Waals surface area contributed by atoms with Crippen LogP contribution in [0.15, 0.2) is 24.3 Å². The van der Waals surface area contributed by atoms with E-state index in [4.69, 9.17) is 16.7 Å². The summed E-state index contributed by atoms with van der Waals surface area (Å²) in [5.74, 6) is 0. The molecule has 1 heterocycles. The van der Waals surface area contributed by atoms with Gasteiger partial charge in [-0.3, -0.25) is 0 Å². The molecule has 2 N–H and O–H groups in total. The Kier molecular flexibility index (Phi) is 3.01. The molecular formula is C11H10ClNO3. The number of aromatic nitrogens is 1. The summed E-state index contributed by atoms with van der Waals surface area (Å²) in [6.07, 6.45) is -0.776. The standard InChI is InChI=1S/C11H10ClNO3/c12-10-8-4-2-1-3-7(8)9(13-10)5-6-16-11(14)15/h1-4,13H,5-6H2,(H,14,15). The molecule has 1 aromatic carbocycles. The fourth-order valence-corrected chi connectivity index (χ4v) is 1.92. The molecular weight excluding hydrogens is 230 g/mol. The van der Waals surface area contributed by atoms with Gasteiger partial charge in [0.15, 0.2) is 0 Å². The molecule has 0 unspecified atom stereocenters. The molecule has 0 atom stereocenters. The zero-order chi connectivity index (χ0) is 11.5. The molecule has 0 aliphatic heterocycles. The maximum Gasteiger partial charge on any atom is 0.505 e. The Morgan fingerprint density at radius 2 is 2.06 bits per heavy atom. The number of carbonyl (C=O) groups is 1. The molecule has 0 saturated heterocycles. The Morgan fingerprint density at radius 1 is 1.38 bits per heavy atom. The van der Waals surface area contributed by atoms with Crippen LogP contribution in [0.5, 0.6) is 0 Å². The van der Waals surface area contributed by atoms with Crippen molar-refractivity contribution >= 4 is 28.5 Å². The number of halogens is 1. The average Bonchev–Trinajstić information content (AvgIpc) is 2.57. The maximum atomic E-state index is 10.2. The van der Waals surface area contributed by atoms with Gasteiger partial charge in [0.2, 0.25) is 0 Å². The van der Waals surface area contributed by atoms with Gasteiger partial charge < -0.3 is 14.8 Å². The highest BCUT2D eigenvalue weighted by Gasteiger charge is 2.08. The normalized spacial score (nSPS) is 10.6. The van der Waals surface area contributed by atoms with Gasteiger partial charge in [0.25, 0.3) is 0 Å². The fourth-order valence-electron chi connectivity index (χ4n) is 1.64. The number of rotatable bonds is 3. The summed E-state index contributed by atoms with van der Waals surface area (Å²) >= 11 is 6.01. The van der Waals surface area contributed by atoms with E-state index in [1.165, 1.54) is 0 Å². The first-order chi connectivity index (χ1) is 7.68. The SMILES string of the molecule is O=C(O)OCCc1[nH]c(Cl)c2ccccc12. The second kappa shape index (κ2) is 4.45. The van der Waals surface area contributed by atoms with Crippen molar-refractivity contribution in [2.45, 2.75) is 6.42 Å². The van der Waals surface area contributed by atoms with Crippen LogP contribution in [-0.4, -0.2) is 22.9 Å². The van der Waals surface area contributed by atoms with Gasteiger partial charge in [-0.15, -0.1) is 0 Å². The van der Waals surface area contributed by atoms with Crippen molar-refractivity contribution in [3.05, 3.63) is 35.1 Å². The van der Waals surface area contributed by atoms with Crippen LogP contribution >= 0.6 is 11.6 Å². The van der Waals surface area contributed by atoms with Crippen LogP contribution in [0.3, 0.4) is 0 Å². The van der Waals surface area contributed by atoms with Gasteiger partial charge in [-0.2, -0.15) is 0 Å².